The van der Waals surface area contributed by atoms with Crippen molar-refractivity contribution in [1.82, 2.24) is 87.6 Å². The number of nitrogens with zero attached hydrogens (tertiary/aromatic N) is 21. The highest BCUT2D eigenvalue weighted by Gasteiger charge is 2.46. The number of amides is 3. The number of pyridine rings is 3. The summed E-state index contributed by atoms with van der Waals surface area (Å²) >= 11 is 0. The first kappa shape index (κ1) is 79.8. The van der Waals surface area contributed by atoms with E-state index in [0.29, 0.717) is 129 Å². The molecular weight excluding hydrogens is 1590 g/mol. The maximum Gasteiger partial charge on any atom is 0.278 e. The number of hydrogen-bond acceptors (Lipinski definition) is 26. The van der Waals surface area contributed by atoms with Gasteiger partial charge in [-0.2, -0.15) is 15.0 Å². The fraction of sp³-hybridized carbons (Fsp3) is 0.367. The summed E-state index contributed by atoms with van der Waals surface area (Å²) in [5.74, 6) is 4.14. The molecule has 35 heteroatoms. The molecular formula is C90H94N24O11. The normalized spacial score (nSPS) is 19.7. The van der Waals surface area contributed by atoms with Crippen molar-refractivity contribution < 1.29 is 38.8 Å². The molecule has 2 atom stereocenters. The van der Waals surface area contributed by atoms with Crippen LogP contribution >= 0.6 is 0 Å². The van der Waals surface area contributed by atoms with Crippen LogP contribution < -0.4 is 61.5 Å². The van der Waals surface area contributed by atoms with Crippen molar-refractivity contribution in [2.24, 2.45) is 5.41 Å². The molecule has 0 radical (unpaired) electrons. The Morgan fingerprint density at radius 1 is 0.432 bits per heavy atom. The highest BCUT2D eigenvalue weighted by atomic mass is 16.5. The van der Waals surface area contributed by atoms with Gasteiger partial charge in [0.1, 0.15) is 16.2 Å². The minimum atomic E-state index is -0.794. The SMILES string of the molecule is CN1CCc2ccc(Nc3ncc4c(=O)n5n(c4n3)-c3ccc4c(n3)N(CC(O)CC=CC5)C(=O)CO4)cc2C1(C)C.CN1CCc2ccc(Nc3ncc4c(=O)n5n(c4n3)-c3ccc4c(n3)N(CC3(CC=CC5)CC3)C(=O)CO4)cc2C1.CN1Cc2cc(Nc3ncc4c(=O)n5n(c4n3)-c3ccc4c(n3)N(CC(O)CC=CC5)C(=O)CO4)ccc2C(C)(C)C1. The monoisotopic (exact) mass is 1690 g/mol. The predicted molar refractivity (Wildman–Crippen MR) is 469 cm³/mol. The molecule has 3 aromatic carbocycles. The van der Waals surface area contributed by atoms with Gasteiger partial charge in [-0.3, -0.25) is 48.4 Å². The Hall–Kier alpha value is -13.6. The molecule has 5 N–H and O–H groups in total. The number of aliphatic hydroxyl groups is 2. The molecule has 3 amide bonds. The number of carbonyl (C=O) groups excluding carboxylic acids is 3. The average molecular weight is 1690 g/mol. The second kappa shape index (κ2) is 31.3. The minimum Gasteiger partial charge on any atom is -0.480 e. The molecule has 9 aromatic heterocycles. The molecule has 12 aromatic rings. The van der Waals surface area contributed by atoms with Crippen molar-refractivity contribution in [2.75, 3.05) is 111 Å². The predicted octanol–water partition coefficient (Wildman–Crippen LogP) is 8.15. The molecule has 1 saturated carbocycles. The maximum atomic E-state index is 13.6. The number of ether oxygens (including phenoxy) is 3. The number of fused-ring (bicyclic) bond motifs is 18. The number of aliphatic hydroxyl groups excluding tert-OH is 2. The van der Waals surface area contributed by atoms with Crippen molar-refractivity contribution in [3.63, 3.8) is 0 Å². The Bertz CT molecular complexity index is 6730. The first-order valence-corrected chi connectivity index (χ1v) is 42.2. The van der Waals surface area contributed by atoms with Gasteiger partial charge in [-0.25, -0.2) is 58.0 Å². The summed E-state index contributed by atoms with van der Waals surface area (Å²) in [6.45, 7) is 15.1. The number of benzene rings is 3. The van der Waals surface area contributed by atoms with E-state index in [4.69, 9.17) is 44.1 Å². The first-order chi connectivity index (χ1) is 60.3. The van der Waals surface area contributed by atoms with E-state index in [-0.39, 0.29) is 96.8 Å². The zero-order chi connectivity index (χ0) is 86.1. The number of carbonyl (C=O) groups is 3. The van der Waals surface area contributed by atoms with Crippen molar-refractivity contribution in [1.29, 1.82) is 0 Å². The molecule has 1 fully saturated rings. The van der Waals surface area contributed by atoms with Gasteiger partial charge >= 0.3 is 0 Å². The van der Waals surface area contributed by atoms with Crippen LogP contribution in [0.25, 0.3) is 50.6 Å². The summed E-state index contributed by atoms with van der Waals surface area (Å²) in [6.07, 6.45) is 20.0. The Balaban J connectivity index is 0.000000118. The third kappa shape index (κ3) is 14.9. The Morgan fingerprint density at radius 3 is 1.36 bits per heavy atom. The van der Waals surface area contributed by atoms with Crippen LogP contribution in [0, 0.1) is 5.41 Å². The lowest BCUT2D eigenvalue weighted by molar-refractivity contribution is -0.122. The summed E-state index contributed by atoms with van der Waals surface area (Å²) in [4.78, 5) is 133. The fourth-order valence-corrected chi connectivity index (χ4v) is 18.4. The van der Waals surface area contributed by atoms with E-state index in [2.05, 4.69) is 137 Å². The van der Waals surface area contributed by atoms with Gasteiger partial charge < -0.3 is 50.2 Å². The molecule has 125 heavy (non-hydrogen) atoms. The van der Waals surface area contributed by atoms with Crippen molar-refractivity contribution >= 4 is 103 Å². The highest BCUT2D eigenvalue weighted by molar-refractivity contribution is 5.99. The van der Waals surface area contributed by atoms with E-state index in [1.165, 1.54) is 64.9 Å². The average Bonchev–Trinajstić information content (AvgIpc) is 1.52. The van der Waals surface area contributed by atoms with Crippen molar-refractivity contribution in [3.05, 3.63) is 210 Å². The van der Waals surface area contributed by atoms with Crippen LogP contribution in [0.15, 0.2) is 160 Å². The lowest BCUT2D eigenvalue weighted by Gasteiger charge is -2.41. The van der Waals surface area contributed by atoms with Gasteiger partial charge in [-0.15, -0.1) is 0 Å². The maximum absolute atomic E-state index is 13.6. The van der Waals surface area contributed by atoms with Gasteiger partial charge in [0.15, 0.2) is 88.9 Å². The number of likely N-dealkylation sites (N-methyl/N-ethyl adjacent to an activating group) is 3. The third-order valence-corrected chi connectivity index (χ3v) is 25.4. The Kier molecular flexibility index (Phi) is 20.0. The quantitative estimate of drug-likeness (QED) is 0.0980. The second-order valence-corrected chi connectivity index (χ2v) is 35.0. The van der Waals surface area contributed by atoms with Crippen LogP contribution in [0.2, 0.25) is 0 Å². The summed E-state index contributed by atoms with van der Waals surface area (Å²) < 4.78 is 26.7. The lowest BCUT2D eigenvalue weighted by Crippen LogP contribution is -2.44. The topological polar surface area (TPSA) is 372 Å². The van der Waals surface area contributed by atoms with E-state index in [9.17, 15) is 39.0 Å². The molecule has 10 aliphatic rings. The molecule has 35 nitrogen and oxygen atoms in total. The van der Waals surface area contributed by atoms with E-state index in [0.717, 1.165) is 81.9 Å². The number of nitrogens with one attached hydrogen (secondary N) is 3. The standard InChI is InChI=1S/2C30H32N8O4.C30H30N8O3/c1-30(2)22-14-19(8-7-18(22)11-13-35(30)3)32-29-31-15-21-26(34-29)38-24-10-9-23-27(33-24)36(25(40)17-42-23)16-20(39)6-4-5-12-37(38)28(21)41;1-30(2)17-35(3)14-18-12-19(7-8-22(18)30)32-29-31-13-21-26(34-29)38-24-10-9-23-27(33-24)36(25(40)16-42-23)15-20(39)6-4-5-11-37(38)28(21)41;1-35-13-8-19-4-5-21(14-20(19)16-35)32-29-31-15-22-26(34-29)38-24-7-6-23-27(33-24)36(25(39)17-41-23)18-30(10-11-30)9-2-3-12-37(38)28(22)40/h4-5,7-10,14-15,20,39H,6,11-13,16-17H2,1-3H3,(H,31,32,34);4-5,7-10,12-13,20,39H,6,11,14-17H2,1-3H3,(H,31,32,34);2-7,14-15H,8-13,16-18H2,1H3,(H,31,32,34). The largest absolute Gasteiger partial charge is 0.480 e. The molecule has 18 heterocycles. The second-order valence-electron chi connectivity index (χ2n) is 35.0. The van der Waals surface area contributed by atoms with Gasteiger partial charge in [0, 0.05) is 85.9 Å². The summed E-state index contributed by atoms with van der Waals surface area (Å²) in [6, 6.07) is 29.5. The van der Waals surface area contributed by atoms with Gasteiger partial charge in [0.25, 0.3) is 34.4 Å². The van der Waals surface area contributed by atoms with Crippen LogP contribution in [-0.2, 0) is 70.9 Å². The zero-order valence-electron chi connectivity index (χ0n) is 70.3. The van der Waals surface area contributed by atoms with Crippen LogP contribution in [-0.4, -0.2) is 208 Å². The van der Waals surface area contributed by atoms with Gasteiger partial charge in [-0.1, -0.05) is 68.5 Å². The van der Waals surface area contributed by atoms with E-state index in [1.807, 2.05) is 54.6 Å². The summed E-state index contributed by atoms with van der Waals surface area (Å²) in [5, 5.41) is 32.2. The zero-order valence-corrected chi connectivity index (χ0v) is 70.3. The minimum absolute atomic E-state index is 0.00165. The van der Waals surface area contributed by atoms with Gasteiger partial charge in [-0.05, 0) is 192 Å². The highest BCUT2D eigenvalue weighted by Crippen LogP contribution is 2.51. The fourth-order valence-electron chi connectivity index (χ4n) is 18.4. The van der Waals surface area contributed by atoms with Crippen LogP contribution in [0.3, 0.4) is 0 Å². The molecule has 22 rings (SSSR count). The lowest BCUT2D eigenvalue weighted by atomic mass is 9.78. The van der Waals surface area contributed by atoms with Crippen LogP contribution in [0.5, 0.6) is 17.2 Å². The van der Waals surface area contributed by atoms with E-state index in [1.54, 1.807) is 60.2 Å². The summed E-state index contributed by atoms with van der Waals surface area (Å²) in [7, 11) is 6.39. The molecule has 6 bridgehead atoms. The van der Waals surface area contributed by atoms with Crippen LogP contribution in [0.1, 0.15) is 93.2 Å². The molecule has 9 aliphatic heterocycles. The number of rotatable bonds is 6. The number of allylic oxidation sites excluding steroid dienone is 4. The smallest absolute Gasteiger partial charge is 0.278 e. The van der Waals surface area contributed by atoms with Crippen LogP contribution in [0.4, 0.5) is 52.4 Å². The number of aromatic nitrogens is 15. The molecule has 1 aliphatic carbocycles. The van der Waals surface area contributed by atoms with Gasteiger partial charge in [0.2, 0.25) is 17.8 Å². The first-order valence-electron chi connectivity index (χ1n) is 42.2. The van der Waals surface area contributed by atoms with Crippen molar-refractivity contribution in [3.8, 4) is 34.7 Å². The molecule has 2 unspecified atom stereocenters. The third-order valence-electron chi connectivity index (χ3n) is 25.4. The van der Waals surface area contributed by atoms with Gasteiger partial charge in [0.05, 0.1) is 44.9 Å². The number of hydrogen-bond donors (Lipinski definition) is 5. The summed E-state index contributed by atoms with van der Waals surface area (Å²) in [5.41, 5.74) is 10.8. The van der Waals surface area contributed by atoms with E-state index >= 15 is 0 Å². The Morgan fingerprint density at radius 2 is 0.864 bits per heavy atom. The molecule has 0 saturated heterocycles. The molecule has 640 valence electrons. The number of anilines is 9. The Labute approximate surface area is 716 Å². The van der Waals surface area contributed by atoms with Crippen molar-refractivity contribution in [2.45, 2.75) is 129 Å². The van der Waals surface area contributed by atoms with E-state index < -0.39 is 12.2 Å². The molecule has 1 spiro atoms.